The minimum atomic E-state index is -0.106. The van der Waals surface area contributed by atoms with Gasteiger partial charge in [-0.15, -0.1) is 0 Å². The van der Waals surface area contributed by atoms with Crippen LogP contribution in [0, 0.1) is 0 Å². The van der Waals surface area contributed by atoms with Crippen molar-refractivity contribution >= 4 is 11.6 Å². The fourth-order valence-electron chi connectivity index (χ4n) is 2.70. The molecule has 19 heavy (non-hydrogen) atoms. The van der Waals surface area contributed by atoms with Gasteiger partial charge in [0.25, 0.3) is 5.91 Å². The van der Waals surface area contributed by atoms with Crippen LogP contribution in [0.5, 0.6) is 5.75 Å². The van der Waals surface area contributed by atoms with Crippen LogP contribution in [0.1, 0.15) is 49.4 Å². The molecule has 1 aliphatic carbocycles. The lowest BCUT2D eigenvalue weighted by Gasteiger charge is -2.34. The fraction of sp³-hybridized carbons (Fsp3) is 0.533. The van der Waals surface area contributed by atoms with Crippen LogP contribution in [0.4, 0.5) is 5.69 Å². The molecule has 0 aromatic heterocycles. The number of anilines is 1. The molecular formula is C15H22N2O2. The van der Waals surface area contributed by atoms with E-state index >= 15 is 0 Å². The number of rotatable bonds is 3. The van der Waals surface area contributed by atoms with Gasteiger partial charge in [0.2, 0.25) is 0 Å². The monoisotopic (exact) mass is 262 g/mol. The number of hydrogen-bond donors (Lipinski definition) is 2. The first-order valence-electron chi connectivity index (χ1n) is 6.80. The zero-order valence-corrected chi connectivity index (χ0v) is 11.7. The number of methoxy groups -OCH3 is 1. The molecule has 4 heteroatoms. The molecule has 3 N–H and O–H groups in total. The summed E-state index contributed by atoms with van der Waals surface area (Å²) in [5.41, 5.74) is 6.72. The maximum Gasteiger partial charge on any atom is 0.255 e. The lowest BCUT2D eigenvalue weighted by molar-refractivity contribution is 0.0879. The van der Waals surface area contributed by atoms with Gasteiger partial charge in [-0.25, -0.2) is 0 Å². The Morgan fingerprint density at radius 1 is 1.32 bits per heavy atom. The first-order valence-corrected chi connectivity index (χ1v) is 6.80. The highest BCUT2D eigenvalue weighted by Crippen LogP contribution is 2.29. The Morgan fingerprint density at radius 2 is 2.00 bits per heavy atom. The van der Waals surface area contributed by atoms with Gasteiger partial charge >= 0.3 is 0 Å². The molecule has 4 nitrogen and oxygen atoms in total. The second-order valence-corrected chi connectivity index (χ2v) is 5.54. The molecule has 1 aromatic rings. The Balaban J connectivity index is 2.17. The zero-order valence-electron chi connectivity index (χ0n) is 11.7. The average Bonchev–Trinajstić information content (AvgIpc) is 2.39. The topological polar surface area (TPSA) is 64.3 Å². The summed E-state index contributed by atoms with van der Waals surface area (Å²) in [6.07, 6.45) is 5.66. The van der Waals surface area contributed by atoms with Crippen LogP contribution < -0.4 is 15.8 Å². The number of ether oxygens (including phenoxy) is 1. The highest BCUT2D eigenvalue weighted by molar-refractivity contribution is 5.98. The number of hydrogen-bond acceptors (Lipinski definition) is 3. The molecule has 0 bridgehead atoms. The molecule has 0 saturated heterocycles. The Labute approximate surface area is 114 Å². The molecule has 0 heterocycles. The molecule has 0 radical (unpaired) electrons. The summed E-state index contributed by atoms with van der Waals surface area (Å²) in [5.74, 6) is 0.458. The quantitative estimate of drug-likeness (QED) is 0.823. The Morgan fingerprint density at radius 3 is 2.63 bits per heavy atom. The minimum Gasteiger partial charge on any atom is -0.496 e. The Kier molecular flexibility index (Phi) is 3.98. The first kappa shape index (κ1) is 13.7. The number of nitrogen functional groups attached to an aromatic ring is 1. The van der Waals surface area contributed by atoms with E-state index < -0.39 is 0 Å². The van der Waals surface area contributed by atoms with Gasteiger partial charge in [0.05, 0.1) is 12.7 Å². The molecular weight excluding hydrogens is 240 g/mol. The highest BCUT2D eigenvalue weighted by Gasteiger charge is 2.29. The lowest BCUT2D eigenvalue weighted by atomic mass is 9.83. The van der Waals surface area contributed by atoms with E-state index in [9.17, 15) is 4.79 Å². The molecule has 1 aromatic carbocycles. The summed E-state index contributed by atoms with van der Waals surface area (Å²) < 4.78 is 5.23. The second kappa shape index (κ2) is 5.51. The normalized spacial score (nSPS) is 17.8. The van der Waals surface area contributed by atoms with Crippen LogP contribution in [0.25, 0.3) is 0 Å². The van der Waals surface area contributed by atoms with Gasteiger partial charge in [-0.3, -0.25) is 4.79 Å². The number of carbonyl (C=O) groups excluding carboxylic acids is 1. The van der Waals surface area contributed by atoms with Crippen molar-refractivity contribution in [3.8, 4) is 5.75 Å². The minimum absolute atomic E-state index is 0.103. The number of nitrogens with two attached hydrogens (primary N) is 1. The van der Waals surface area contributed by atoms with Crippen LogP contribution in [-0.4, -0.2) is 18.6 Å². The molecule has 0 aliphatic heterocycles. The number of benzene rings is 1. The number of amides is 1. The summed E-state index contributed by atoms with van der Waals surface area (Å²) >= 11 is 0. The maximum absolute atomic E-state index is 12.4. The summed E-state index contributed by atoms with van der Waals surface area (Å²) in [7, 11) is 1.56. The summed E-state index contributed by atoms with van der Waals surface area (Å²) in [6, 6.07) is 5.13. The standard InChI is InChI=1S/C15H22N2O2/c1-15(8-4-3-5-9-15)17-14(18)12-10-11(16)6-7-13(12)19-2/h6-7,10H,3-5,8-9,16H2,1-2H3,(H,17,18). The van der Waals surface area contributed by atoms with Gasteiger partial charge in [-0.1, -0.05) is 19.3 Å². The van der Waals surface area contributed by atoms with Crippen molar-refractivity contribution in [2.45, 2.75) is 44.6 Å². The lowest BCUT2D eigenvalue weighted by Crippen LogP contribution is -2.47. The zero-order chi connectivity index (χ0) is 13.9. The van der Waals surface area contributed by atoms with Crippen molar-refractivity contribution in [3.05, 3.63) is 23.8 Å². The molecule has 1 aliphatic rings. The maximum atomic E-state index is 12.4. The number of nitrogens with one attached hydrogen (secondary N) is 1. The van der Waals surface area contributed by atoms with Crippen LogP contribution in [0.15, 0.2) is 18.2 Å². The third-order valence-corrected chi connectivity index (χ3v) is 3.84. The predicted octanol–water partition coefficient (Wildman–Crippen LogP) is 2.73. The van der Waals surface area contributed by atoms with Crippen molar-refractivity contribution in [1.82, 2.24) is 5.32 Å². The molecule has 0 unspecified atom stereocenters. The highest BCUT2D eigenvalue weighted by atomic mass is 16.5. The van der Waals surface area contributed by atoms with Crippen molar-refractivity contribution in [1.29, 1.82) is 0 Å². The van der Waals surface area contributed by atoms with E-state index in [-0.39, 0.29) is 11.4 Å². The third kappa shape index (κ3) is 3.19. The van der Waals surface area contributed by atoms with E-state index in [1.54, 1.807) is 25.3 Å². The Hall–Kier alpha value is -1.71. The smallest absolute Gasteiger partial charge is 0.255 e. The van der Waals surface area contributed by atoms with Crippen LogP contribution in [0.3, 0.4) is 0 Å². The molecule has 1 amide bonds. The van der Waals surface area contributed by atoms with E-state index in [0.29, 0.717) is 17.0 Å². The number of carbonyl (C=O) groups is 1. The average molecular weight is 262 g/mol. The van der Waals surface area contributed by atoms with E-state index in [4.69, 9.17) is 10.5 Å². The van der Waals surface area contributed by atoms with E-state index in [1.807, 2.05) is 0 Å². The molecule has 1 saturated carbocycles. The fourth-order valence-corrected chi connectivity index (χ4v) is 2.70. The summed E-state index contributed by atoms with van der Waals surface area (Å²) in [4.78, 5) is 12.4. The SMILES string of the molecule is COc1ccc(N)cc1C(=O)NC1(C)CCCCC1. The van der Waals surface area contributed by atoms with Gasteiger partial charge in [0.15, 0.2) is 0 Å². The molecule has 2 rings (SSSR count). The van der Waals surface area contributed by atoms with E-state index in [1.165, 1.54) is 19.3 Å². The third-order valence-electron chi connectivity index (χ3n) is 3.84. The largest absolute Gasteiger partial charge is 0.496 e. The molecule has 0 atom stereocenters. The first-order chi connectivity index (χ1) is 9.04. The van der Waals surface area contributed by atoms with Crippen LogP contribution >= 0.6 is 0 Å². The predicted molar refractivity (Wildman–Crippen MR) is 76.4 cm³/mol. The molecule has 104 valence electrons. The van der Waals surface area contributed by atoms with Crippen molar-refractivity contribution in [2.75, 3.05) is 12.8 Å². The second-order valence-electron chi connectivity index (χ2n) is 5.54. The summed E-state index contributed by atoms with van der Waals surface area (Å²) in [5, 5.41) is 3.14. The van der Waals surface area contributed by atoms with E-state index in [2.05, 4.69) is 12.2 Å². The van der Waals surface area contributed by atoms with Gasteiger partial charge < -0.3 is 15.8 Å². The molecule has 1 fully saturated rings. The van der Waals surface area contributed by atoms with Crippen LogP contribution in [-0.2, 0) is 0 Å². The van der Waals surface area contributed by atoms with Gasteiger partial charge in [0.1, 0.15) is 5.75 Å². The van der Waals surface area contributed by atoms with Gasteiger partial charge in [0, 0.05) is 11.2 Å². The van der Waals surface area contributed by atoms with Crippen molar-refractivity contribution in [2.24, 2.45) is 0 Å². The van der Waals surface area contributed by atoms with E-state index in [0.717, 1.165) is 12.8 Å². The molecule has 0 spiro atoms. The van der Waals surface area contributed by atoms with Crippen molar-refractivity contribution in [3.63, 3.8) is 0 Å². The van der Waals surface area contributed by atoms with Crippen LogP contribution in [0.2, 0.25) is 0 Å². The van der Waals surface area contributed by atoms with Gasteiger partial charge in [-0.05, 0) is 38.0 Å². The summed E-state index contributed by atoms with van der Waals surface area (Å²) in [6.45, 7) is 2.11. The Bertz CT molecular complexity index is 465. The van der Waals surface area contributed by atoms with Crippen molar-refractivity contribution < 1.29 is 9.53 Å². The van der Waals surface area contributed by atoms with Gasteiger partial charge in [-0.2, -0.15) is 0 Å².